The first-order valence-electron chi connectivity index (χ1n) is 8.37. The topological polar surface area (TPSA) is 64.0 Å². The summed E-state index contributed by atoms with van der Waals surface area (Å²) >= 11 is 0. The molecule has 0 radical (unpaired) electrons. The number of nitrogens with one attached hydrogen (secondary N) is 1. The van der Waals surface area contributed by atoms with Crippen molar-refractivity contribution in [1.82, 2.24) is 14.3 Å². The zero-order valence-corrected chi connectivity index (χ0v) is 15.8. The Bertz CT molecular complexity index is 1110. The van der Waals surface area contributed by atoms with Crippen molar-refractivity contribution < 1.29 is 26.0 Å². The van der Waals surface area contributed by atoms with Crippen molar-refractivity contribution in [3.05, 3.63) is 59.8 Å². The van der Waals surface area contributed by atoms with Gasteiger partial charge >= 0.3 is 6.18 Å². The number of hydrogen-bond donors (Lipinski definition) is 1. The van der Waals surface area contributed by atoms with E-state index in [1.165, 1.54) is 0 Å². The molecule has 0 aliphatic carbocycles. The van der Waals surface area contributed by atoms with Gasteiger partial charge in [-0.1, -0.05) is 0 Å². The van der Waals surface area contributed by atoms with Gasteiger partial charge in [-0.25, -0.2) is 17.5 Å². The molecule has 1 aromatic carbocycles. The number of aryl methyl sites for hydroxylation is 1. The maximum Gasteiger partial charge on any atom is 0.433 e. The monoisotopic (exact) mass is 415 g/mol. The van der Waals surface area contributed by atoms with Crippen molar-refractivity contribution in [2.45, 2.75) is 37.5 Å². The van der Waals surface area contributed by atoms with E-state index in [2.05, 4.69) is 9.71 Å². The van der Waals surface area contributed by atoms with Gasteiger partial charge in [0.2, 0.25) is 10.0 Å². The molecule has 150 valence electrons. The average Bonchev–Trinajstić information content (AvgIpc) is 2.99. The highest BCUT2D eigenvalue weighted by Crippen LogP contribution is 2.32. The molecule has 0 aliphatic rings. The fourth-order valence-electron chi connectivity index (χ4n) is 3.02. The molecule has 0 aliphatic heterocycles. The number of hydrogen-bond acceptors (Lipinski definition) is 3. The molecule has 3 rings (SSSR count). The molecule has 1 atom stereocenters. The number of rotatable bonds is 5. The van der Waals surface area contributed by atoms with Crippen molar-refractivity contribution in [1.29, 1.82) is 0 Å². The number of benzene rings is 1. The number of fused-ring (bicyclic) bond motifs is 1. The second-order valence-corrected chi connectivity index (χ2v) is 7.95. The number of alkyl halides is 3. The largest absolute Gasteiger partial charge is 0.433 e. The SMILES string of the molecule is CCn1c(C(C)NS(=O)(=O)c2ccc(F)cc2)cc2cnc(C(F)(F)F)cc21. The first-order chi connectivity index (χ1) is 13.0. The summed E-state index contributed by atoms with van der Waals surface area (Å²) in [4.78, 5) is 3.33. The Morgan fingerprint density at radius 3 is 2.39 bits per heavy atom. The van der Waals surface area contributed by atoms with Crippen LogP contribution in [-0.2, 0) is 22.7 Å². The third-order valence-corrected chi connectivity index (χ3v) is 5.88. The molecule has 0 bridgehead atoms. The van der Waals surface area contributed by atoms with Crippen molar-refractivity contribution >= 4 is 20.9 Å². The Balaban J connectivity index is 1.99. The van der Waals surface area contributed by atoms with Crippen LogP contribution in [0.5, 0.6) is 0 Å². The van der Waals surface area contributed by atoms with Crippen molar-refractivity contribution in [3.63, 3.8) is 0 Å². The van der Waals surface area contributed by atoms with Gasteiger partial charge in [0.15, 0.2) is 0 Å². The predicted molar refractivity (Wildman–Crippen MR) is 95.5 cm³/mol. The highest BCUT2D eigenvalue weighted by atomic mass is 32.2. The fourth-order valence-corrected chi connectivity index (χ4v) is 4.23. The lowest BCUT2D eigenvalue weighted by atomic mass is 10.2. The van der Waals surface area contributed by atoms with Crippen LogP contribution in [0.2, 0.25) is 0 Å². The molecular weight excluding hydrogens is 398 g/mol. The molecule has 2 heterocycles. The normalized spacial score (nSPS) is 13.8. The lowest BCUT2D eigenvalue weighted by Crippen LogP contribution is -2.28. The molecule has 1 N–H and O–H groups in total. The molecule has 2 aromatic heterocycles. The van der Waals surface area contributed by atoms with Gasteiger partial charge in [0.25, 0.3) is 0 Å². The van der Waals surface area contributed by atoms with Crippen LogP contribution < -0.4 is 4.72 Å². The minimum Gasteiger partial charge on any atom is -0.343 e. The summed E-state index contributed by atoms with van der Waals surface area (Å²) in [6.07, 6.45) is -3.46. The van der Waals surface area contributed by atoms with Gasteiger partial charge < -0.3 is 4.57 Å². The summed E-state index contributed by atoms with van der Waals surface area (Å²) in [7, 11) is -3.94. The Morgan fingerprint density at radius 1 is 1.18 bits per heavy atom. The van der Waals surface area contributed by atoms with Crippen LogP contribution in [-0.4, -0.2) is 18.0 Å². The van der Waals surface area contributed by atoms with E-state index in [-0.39, 0.29) is 4.90 Å². The highest BCUT2D eigenvalue weighted by Gasteiger charge is 2.33. The van der Waals surface area contributed by atoms with E-state index >= 15 is 0 Å². The summed E-state index contributed by atoms with van der Waals surface area (Å²) in [6.45, 7) is 3.67. The Kier molecular flexibility index (Phi) is 5.20. The molecule has 5 nitrogen and oxygen atoms in total. The maximum absolute atomic E-state index is 13.0. The second-order valence-electron chi connectivity index (χ2n) is 6.24. The maximum atomic E-state index is 13.0. The minimum absolute atomic E-state index is 0.110. The second kappa shape index (κ2) is 7.17. The number of halogens is 4. The zero-order chi connectivity index (χ0) is 20.7. The first kappa shape index (κ1) is 20.3. The van der Waals surface area contributed by atoms with Crippen LogP contribution in [0.1, 0.15) is 31.3 Å². The quantitative estimate of drug-likeness (QED) is 0.634. The highest BCUT2D eigenvalue weighted by molar-refractivity contribution is 7.89. The van der Waals surface area contributed by atoms with E-state index in [1.807, 2.05) is 0 Å². The summed E-state index contributed by atoms with van der Waals surface area (Å²) < 4.78 is 81.1. The minimum atomic E-state index is -4.58. The molecule has 0 spiro atoms. The van der Waals surface area contributed by atoms with E-state index in [0.29, 0.717) is 23.1 Å². The van der Waals surface area contributed by atoms with Crippen molar-refractivity contribution in [2.75, 3.05) is 0 Å². The van der Waals surface area contributed by atoms with Crippen LogP contribution in [0.3, 0.4) is 0 Å². The number of aromatic nitrogens is 2. The molecule has 28 heavy (non-hydrogen) atoms. The Hall–Kier alpha value is -2.46. The molecule has 3 aromatic rings. The smallest absolute Gasteiger partial charge is 0.343 e. The molecule has 1 unspecified atom stereocenters. The standard InChI is InChI=1S/C18H17F4N3O2S/c1-3-25-15(8-12-10-23-17(9-16(12)25)18(20,21)22)11(2)24-28(26,27)14-6-4-13(19)5-7-14/h4-11,24H,3H2,1-2H3. The Morgan fingerprint density at radius 2 is 1.82 bits per heavy atom. The van der Waals surface area contributed by atoms with E-state index in [4.69, 9.17) is 0 Å². The van der Waals surface area contributed by atoms with Gasteiger partial charge in [0.1, 0.15) is 11.5 Å². The van der Waals surface area contributed by atoms with Gasteiger partial charge in [0, 0.05) is 23.8 Å². The van der Waals surface area contributed by atoms with Crippen LogP contribution >= 0.6 is 0 Å². The average molecular weight is 415 g/mol. The third kappa shape index (κ3) is 3.88. The van der Waals surface area contributed by atoms with E-state index < -0.39 is 33.8 Å². The van der Waals surface area contributed by atoms with E-state index in [1.54, 1.807) is 24.5 Å². The fraction of sp³-hybridized carbons (Fsp3) is 0.278. The van der Waals surface area contributed by atoms with Crippen molar-refractivity contribution in [3.8, 4) is 0 Å². The molecular formula is C18H17F4N3O2S. The van der Waals surface area contributed by atoms with Gasteiger partial charge in [0.05, 0.1) is 16.5 Å². The molecule has 0 saturated carbocycles. The number of pyridine rings is 1. The number of sulfonamides is 1. The lowest BCUT2D eigenvalue weighted by Gasteiger charge is -2.17. The van der Waals surface area contributed by atoms with Gasteiger partial charge in [-0.3, -0.25) is 4.98 Å². The van der Waals surface area contributed by atoms with Crippen LogP contribution in [0.4, 0.5) is 17.6 Å². The van der Waals surface area contributed by atoms with Crippen LogP contribution in [0, 0.1) is 5.82 Å². The number of nitrogens with zero attached hydrogens (tertiary/aromatic N) is 2. The van der Waals surface area contributed by atoms with Gasteiger partial charge in [-0.2, -0.15) is 13.2 Å². The predicted octanol–water partition coefficient (Wildman–Crippen LogP) is 4.25. The molecule has 0 amide bonds. The molecule has 0 saturated heterocycles. The first-order valence-corrected chi connectivity index (χ1v) is 9.85. The Labute approximate surface area is 159 Å². The summed E-state index contributed by atoms with van der Waals surface area (Å²) in [6, 6.07) is 6.15. The summed E-state index contributed by atoms with van der Waals surface area (Å²) in [5, 5.41) is 0.470. The third-order valence-electron chi connectivity index (χ3n) is 4.32. The summed E-state index contributed by atoms with van der Waals surface area (Å²) in [5.41, 5.74) is -0.212. The molecule has 0 fully saturated rings. The van der Waals surface area contributed by atoms with Crippen LogP contribution in [0.15, 0.2) is 47.5 Å². The van der Waals surface area contributed by atoms with Crippen molar-refractivity contribution in [2.24, 2.45) is 0 Å². The summed E-state index contributed by atoms with van der Waals surface area (Å²) in [5.74, 6) is -0.564. The zero-order valence-electron chi connectivity index (χ0n) is 15.0. The van der Waals surface area contributed by atoms with Gasteiger partial charge in [-0.05, 0) is 50.2 Å². The lowest BCUT2D eigenvalue weighted by molar-refractivity contribution is -0.141. The van der Waals surface area contributed by atoms with Crippen LogP contribution in [0.25, 0.3) is 10.9 Å². The van der Waals surface area contributed by atoms with Gasteiger partial charge in [-0.15, -0.1) is 0 Å². The van der Waals surface area contributed by atoms with E-state index in [0.717, 1.165) is 36.5 Å². The van der Waals surface area contributed by atoms with E-state index in [9.17, 15) is 26.0 Å². The molecule has 10 heteroatoms.